The number of nitrogens with zero attached hydrogens (tertiary/aromatic N) is 1. The number of Topliss-reactive ketones (excluding diaryl/α,β-unsaturated/α-hetero) is 1. The molecule has 0 saturated carbocycles. The van der Waals surface area contributed by atoms with Crippen molar-refractivity contribution in [3.8, 4) is 0 Å². The number of hydrogen-bond donors (Lipinski definition) is 0. The van der Waals surface area contributed by atoms with E-state index in [-0.39, 0.29) is 31.3 Å². The molecule has 1 atom stereocenters. The summed E-state index contributed by atoms with van der Waals surface area (Å²) >= 11 is 0. The Kier molecular flexibility index (Phi) is 2.25. The molecule has 0 bridgehead atoms. The lowest BCUT2D eigenvalue weighted by atomic mass is 9.94. The van der Waals surface area contributed by atoms with Gasteiger partial charge in [-0.3, -0.25) is 9.59 Å². The van der Waals surface area contributed by atoms with Crippen LogP contribution in [0, 0.1) is 6.92 Å². The van der Waals surface area contributed by atoms with Crippen molar-refractivity contribution in [1.82, 2.24) is 4.90 Å². The molecular formula is C10H11NO4. The van der Waals surface area contributed by atoms with Crippen LogP contribution >= 0.6 is 0 Å². The molecule has 2 heterocycles. The highest BCUT2D eigenvalue weighted by Gasteiger charge is 2.57. The number of fused-ring (bicyclic) bond motifs is 1. The van der Waals surface area contributed by atoms with Crippen LogP contribution in [0.1, 0.15) is 19.3 Å². The van der Waals surface area contributed by atoms with E-state index in [0.717, 1.165) is 0 Å². The molecule has 0 aliphatic carbocycles. The average Bonchev–Trinajstić information content (AvgIpc) is 2.66. The SMILES string of the molecule is [CH]COC(=O)[C@@]12CCC(=O)N1CC(=O)C2. The van der Waals surface area contributed by atoms with E-state index in [9.17, 15) is 14.4 Å². The van der Waals surface area contributed by atoms with Gasteiger partial charge in [-0.15, -0.1) is 0 Å². The Morgan fingerprint density at radius 2 is 2.27 bits per heavy atom. The van der Waals surface area contributed by atoms with Crippen LogP contribution in [0.2, 0.25) is 0 Å². The van der Waals surface area contributed by atoms with Crippen molar-refractivity contribution < 1.29 is 19.1 Å². The number of ether oxygens (including phenoxy) is 1. The van der Waals surface area contributed by atoms with Crippen molar-refractivity contribution in [2.45, 2.75) is 24.8 Å². The minimum Gasteiger partial charge on any atom is -0.464 e. The van der Waals surface area contributed by atoms with Gasteiger partial charge in [0.1, 0.15) is 5.54 Å². The van der Waals surface area contributed by atoms with Gasteiger partial charge in [0.15, 0.2) is 5.78 Å². The normalized spacial score (nSPS) is 29.5. The Hall–Kier alpha value is -1.39. The van der Waals surface area contributed by atoms with Crippen molar-refractivity contribution in [1.29, 1.82) is 0 Å². The van der Waals surface area contributed by atoms with Gasteiger partial charge in [0.25, 0.3) is 0 Å². The summed E-state index contributed by atoms with van der Waals surface area (Å²) in [5.41, 5.74) is -1.05. The number of amides is 1. The maximum absolute atomic E-state index is 11.7. The van der Waals surface area contributed by atoms with Crippen LogP contribution in [0.15, 0.2) is 0 Å². The van der Waals surface area contributed by atoms with Crippen molar-refractivity contribution in [2.75, 3.05) is 13.2 Å². The molecule has 0 spiro atoms. The lowest BCUT2D eigenvalue weighted by molar-refractivity contribution is -0.156. The molecule has 2 radical (unpaired) electrons. The number of esters is 1. The van der Waals surface area contributed by atoms with Crippen molar-refractivity contribution >= 4 is 17.7 Å². The fraction of sp³-hybridized carbons (Fsp3) is 0.600. The molecule has 5 nitrogen and oxygen atoms in total. The maximum Gasteiger partial charge on any atom is 0.332 e. The van der Waals surface area contributed by atoms with Crippen LogP contribution in [0.25, 0.3) is 0 Å². The van der Waals surface area contributed by atoms with Crippen molar-refractivity contribution in [3.63, 3.8) is 0 Å². The predicted molar refractivity (Wildman–Crippen MR) is 48.6 cm³/mol. The van der Waals surface area contributed by atoms with Crippen molar-refractivity contribution in [3.05, 3.63) is 6.92 Å². The number of carbonyl (C=O) groups is 3. The minimum absolute atomic E-state index is 0.0263. The monoisotopic (exact) mass is 209 g/mol. The molecule has 0 unspecified atom stereocenters. The van der Waals surface area contributed by atoms with Gasteiger partial charge < -0.3 is 9.64 Å². The highest BCUT2D eigenvalue weighted by molar-refractivity contribution is 6.02. The second-order valence-corrected chi connectivity index (χ2v) is 3.83. The molecule has 2 saturated heterocycles. The van der Waals surface area contributed by atoms with Gasteiger partial charge in [0.2, 0.25) is 5.91 Å². The molecular weight excluding hydrogens is 198 g/mol. The van der Waals surface area contributed by atoms with Gasteiger partial charge in [0.05, 0.1) is 13.2 Å². The van der Waals surface area contributed by atoms with Gasteiger partial charge >= 0.3 is 5.97 Å². The Labute approximate surface area is 87.4 Å². The molecule has 0 aromatic carbocycles. The first-order valence-corrected chi connectivity index (χ1v) is 4.79. The average molecular weight is 209 g/mol. The summed E-state index contributed by atoms with van der Waals surface area (Å²) in [6.07, 6.45) is 0.723. The molecule has 2 aliphatic rings. The van der Waals surface area contributed by atoms with E-state index in [1.54, 1.807) is 0 Å². The quantitative estimate of drug-likeness (QED) is 0.579. The summed E-state index contributed by atoms with van der Waals surface area (Å²) in [5, 5.41) is 0. The van der Waals surface area contributed by atoms with Gasteiger partial charge in [0, 0.05) is 19.8 Å². The van der Waals surface area contributed by atoms with Gasteiger partial charge in [-0.1, -0.05) is 0 Å². The van der Waals surface area contributed by atoms with Crippen LogP contribution in [-0.2, 0) is 19.1 Å². The lowest BCUT2D eigenvalue weighted by Crippen LogP contribution is -2.48. The third-order valence-electron chi connectivity index (χ3n) is 2.99. The minimum atomic E-state index is -1.05. The highest BCUT2D eigenvalue weighted by Crippen LogP contribution is 2.39. The zero-order chi connectivity index (χ0) is 11.1. The molecule has 5 heteroatoms. The van der Waals surface area contributed by atoms with E-state index in [4.69, 9.17) is 11.7 Å². The Morgan fingerprint density at radius 1 is 1.53 bits per heavy atom. The van der Waals surface area contributed by atoms with Crippen LogP contribution in [0.5, 0.6) is 0 Å². The second kappa shape index (κ2) is 3.32. The van der Waals surface area contributed by atoms with Gasteiger partial charge in [-0.25, -0.2) is 4.79 Å². The van der Waals surface area contributed by atoms with Crippen LogP contribution in [-0.4, -0.2) is 41.3 Å². The molecule has 15 heavy (non-hydrogen) atoms. The maximum atomic E-state index is 11.7. The largest absolute Gasteiger partial charge is 0.464 e. The predicted octanol–water partition coefficient (Wildman–Crippen LogP) is -0.425. The first kappa shape index (κ1) is 10.1. The van der Waals surface area contributed by atoms with E-state index < -0.39 is 11.5 Å². The Bertz CT molecular complexity index is 338. The third kappa shape index (κ3) is 1.33. The lowest BCUT2D eigenvalue weighted by Gasteiger charge is -2.27. The first-order chi connectivity index (χ1) is 7.10. The second-order valence-electron chi connectivity index (χ2n) is 3.83. The summed E-state index contributed by atoms with van der Waals surface area (Å²) in [6, 6.07) is 0. The van der Waals surface area contributed by atoms with E-state index in [0.29, 0.717) is 12.8 Å². The topological polar surface area (TPSA) is 63.7 Å². The van der Waals surface area contributed by atoms with Crippen molar-refractivity contribution in [2.24, 2.45) is 0 Å². The molecule has 0 aromatic rings. The summed E-state index contributed by atoms with van der Waals surface area (Å²) in [7, 11) is 0. The van der Waals surface area contributed by atoms with Crippen LogP contribution in [0.4, 0.5) is 0 Å². The van der Waals surface area contributed by atoms with E-state index >= 15 is 0 Å². The fourth-order valence-corrected chi connectivity index (χ4v) is 2.30. The summed E-state index contributed by atoms with van der Waals surface area (Å²) in [4.78, 5) is 35.8. The zero-order valence-corrected chi connectivity index (χ0v) is 8.19. The van der Waals surface area contributed by atoms with E-state index in [1.165, 1.54) is 4.90 Å². The van der Waals surface area contributed by atoms with E-state index in [1.807, 2.05) is 0 Å². The van der Waals surface area contributed by atoms with E-state index in [2.05, 4.69) is 0 Å². The van der Waals surface area contributed by atoms with Crippen LogP contribution in [0.3, 0.4) is 0 Å². The molecule has 1 amide bonds. The van der Waals surface area contributed by atoms with Gasteiger partial charge in [-0.05, 0) is 6.42 Å². The van der Waals surface area contributed by atoms with Crippen LogP contribution < -0.4 is 0 Å². The number of carbonyl (C=O) groups excluding carboxylic acids is 3. The Morgan fingerprint density at radius 3 is 2.93 bits per heavy atom. The van der Waals surface area contributed by atoms with Gasteiger partial charge in [-0.2, -0.15) is 0 Å². The summed E-state index contributed by atoms with van der Waals surface area (Å²) < 4.78 is 4.72. The number of hydrogen-bond acceptors (Lipinski definition) is 4. The molecule has 2 fully saturated rings. The molecule has 0 aromatic heterocycles. The summed E-state index contributed by atoms with van der Waals surface area (Å²) in [6.45, 7) is 4.92. The number of rotatable bonds is 2. The highest BCUT2D eigenvalue weighted by atomic mass is 16.5. The molecule has 2 rings (SSSR count). The Balaban J connectivity index is 2.28. The molecule has 80 valence electrons. The fourth-order valence-electron chi connectivity index (χ4n) is 2.30. The standard InChI is InChI=1S/C10H11NO4/c1-2-15-9(14)10-4-3-8(13)11(10)6-7(12)5-10/h1H,2-6H2/t10-/m0/s1. The molecule has 0 N–H and O–H groups in total. The summed E-state index contributed by atoms with van der Waals surface area (Å²) in [5.74, 6) is -0.812. The first-order valence-electron chi connectivity index (χ1n) is 4.79. The smallest absolute Gasteiger partial charge is 0.332 e. The molecule has 2 aliphatic heterocycles. The third-order valence-corrected chi connectivity index (χ3v) is 2.99. The zero-order valence-electron chi connectivity index (χ0n) is 8.19. The number of ketones is 1.